The minimum atomic E-state index is -5.31. The third-order valence-corrected chi connectivity index (χ3v) is 7.97. The van der Waals surface area contributed by atoms with Crippen LogP contribution >= 0.6 is 0 Å². The zero-order valence-electron chi connectivity index (χ0n) is 23.6. The maximum Gasteiger partial charge on any atom is 0.523 e. The van der Waals surface area contributed by atoms with E-state index in [0.717, 1.165) is 0 Å². The molecule has 2 aliphatic rings. The molecule has 0 fully saturated rings. The fourth-order valence-electron chi connectivity index (χ4n) is 6.15. The van der Waals surface area contributed by atoms with Crippen LogP contribution in [-0.4, -0.2) is 6.18 Å². The molecule has 3 aromatic rings. The first-order valence-electron chi connectivity index (χ1n) is 13.1. The average molecular weight is 636 g/mol. The quantitative estimate of drug-likeness (QED) is 0.177. The first-order chi connectivity index (χ1) is 22.3. The SMILES string of the molecule is [C-]#[N+]C([N+]#[C-])=C1Cc2c(-c3cc(F)c(C#N)c(F)c3)c3c(c(-c4cc(F)c(C#N)c(F)c4)c2=C1C)CC(=C(C#N)C#N)C=3C(F)(F)F. The molecule has 2 aliphatic carbocycles. The van der Waals surface area contributed by atoms with Crippen LogP contribution in [0.5, 0.6) is 0 Å². The lowest BCUT2D eigenvalue weighted by atomic mass is 9.86. The summed E-state index contributed by atoms with van der Waals surface area (Å²) in [4.78, 5) is 6.39. The molecule has 13 heteroatoms. The highest BCUT2D eigenvalue weighted by Gasteiger charge is 2.44. The summed E-state index contributed by atoms with van der Waals surface area (Å²) in [6.07, 6.45) is -6.54. The first-order valence-corrected chi connectivity index (χ1v) is 13.1. The lowest BCUT2D eigenvalue weighted by Gasteiger charge is -2.18. The summed E-state index contributed by atoms with van der Waals surface area (Å²) >= 11 is 0. The molecule has 0 aromatic heterocycles. The van der Waals surface area contributed by atoms with Crippen molar-refractivity contribution in [2.75, 3.05) is 0 Å². The highest BCUT2D eigenvalue weighted by molar-refractivity contribution is 5.93. The molecular weight excluding hydrogens is 625 g/mol. The van der Waals surface area contributed by atoms with Crippen LogP contribution in [0.1, 0.15) is 29.2 Å². The third kappa shape index (κ3) is 4.76. The van der Waals surface area contributed by atoms with Gasteiger partial charge < -0.3 is 0 Å². The maximum atomic E-state index is 15.1. The van der Waals surface area contributed by atoms with Gasteiger partial charge in [0.15, 0.2) is 0 Å². The molecule has 0 spiro atoms. The second-order valence-electron chi connectivity index (χ2n) is 10.3. The lowest BCUT2D eigenvalue weighted by Crippen LogP contribution is -2.27. The largest absolute Gasteiger partial charge is 0.523 e. The summed E-state index contributed by atoms with van der Waals surface area (Å²) < 4.78 is 105. The fraction of sp³-hybridized carbons (Fsp3) is 0.118. The van der Waals surface area contributed by atoms with Crippen LogP contribution in [0.4, 0.5) is 30.7 Å². The van der Waals surface area contributed by atoms with Gasteiger partial charge in [-0.15, -0.1) is 0 Å². The third-order valence-electron chi connectivity index (χ3n) is 7.97. The summed E-state index contributed by atoms with van der Waals surface area (Å²) in [5.74, 6) is -6.03. The summed E-state index contributed by atoms with van der Waals surface area (Å²) in [5.41, 5.74) is -7.07. The van der Waals surface area contributed by atoms with E-state index in [-0.39, 0.29) is 38.6 Å². The van der Waals surface area contributed by atoms with E-state index >= 15 is 30.7 Å². The highest BCUT2D eigenvalue weighted by Crippen LogP contribution is 2.44. The van der Waals surface area contributed by atoms with Crippen molar-refractivity contribution in [2.45, 2.75) is 25.9 Å². The molecule has 0 amide bonds. The van der Waals surface area contributed by atoms with Crippen molar-refractivity contribution >= 4 is 11.1 Å². The van der Waals surface area contributed by atoms with Gasteiger partial charge in [0.05, 0.1) is 11.1 Å². The normalized spacial score (nSPS) is 13.1. The van der Waals surface area contributed by atoms with Gasteiger partial charge in [-0.1, -0.05) is 0 Å². The second-order valence-corrected chi connectivity index (χ2v) is 10.3. The van der Waals surface area contributed by atoms with Crippen molar-refractivity contribution in [3.63, 3.8) is 0 Å². The van der Waals surface area contributed by atoms with Crippen molar-refractivity contribution in [3.8, 4) is 46.5 Å². The lowest BCUT2D eigenvalue weighted by molar-refractivity contribution is -0.0695. The Morgan fingerprint density at radius 2 is 1.11 bits per heavy atom. The van der Waals surface area contributed by atoms with Gasteiger partial charge in [0.2, 0.25) is 0 Å². The van der Waals surface area contributed by atoms with E-state index in [1.807, 2.05) is 0 Å². The molecule has 47 heavy (non-hydrogen) atoms. The molecule has 0 radical (unpaired) electrons. The Balaban J connectivity index is 2.20. The molecule has 0 saturated heterocycles. The predicted octanol–water partition coefficient (Wildman–Crippen LogP) is 6.71. The maximum absolute atomic E-state index is 15.1. The summed E-state index contributed by atoms with van der Waals surface area (Å²) in [7, 11) is 0. The van der Waals surface area contributed by atoms with Crippen molar-refractivity contribution < 1.29 is 30.7 Å². The number of nitrogens with zero attached hydrogens (tertiary/aromatic N) is 6. The van der Waals surface area contributed by atoms with Gasteiger partial charge in [0, 0.05) is 6.42 Å². The number of hydrogen-bond acceptors (Lipinski definition) is 4. The van der Waals surface area contributed by atoms with Gasteiger partial charge in [-0.25, -0.2) is 17.6 Å². The number of halogens is 7. The number of benzene rings is 3. The standard InChI is InChI=1S/C34H11F7N6/c1-14-18(33(46-2)47-3)8-20-28(14)29(15-4-24(35)22(12-44)25(36)5-15)21-9-19(17(10-42)11-43)32(34(39,40)41)31(21)30(20)16-6-26(37)23(13-45)27(38)7-16/h4-7H,8-9H2,1H3. The van der Waals surface area contributed by atoms with Gasteiger partial charge in [-0.2, -0.15) is 43.9 Å². The topological polar surface area (TPSA) is 104 Å². The Labute approximate surface area is 261 Å². The minimum absolute atomic E-state index is 0.00882. The number of hydrogen-bond donors (Lipinski definition) is 0. The van der Waals surface area contributed by atoms with E-state index in [9.17, 15) is 21.0 Å². The molecule has 0 heterocycles. The van der Waals surface area contributed by atoms with E-state index in [0.29, 0.717) is 24.3 Å². The van der Waals surface area contributed by atoms with Crippen LogP contribution in [0.25, 0.3) is 43.1 Å². The number of alkyl halides is 3. The van der Waals surface area contributed by atoms with Crippen LogP contribution in [0.3, 0.4) is 0 Å². The second kappa shape index (κ2) is 11.4. The molecule has 6 nitrogen and oxygen atoms in total. The van der Waals surface area contributed by atoms with Crippen molar-refractivity contribution in [2.24, 2.45) is 0 Å². The molecule has 0 aliphatic heterocycles. The molecule has 3 aromatic carbocycles. The van der Waals surface area contributed by atoms with Crippen LogP contribution in [0.15, 0.2) is 46.8 Å². The van der Waals surface area contributed by atoms with Crippen LogP contribution in [0, 0.1) is 81.7 Å². The Bertz CT molecular complexity index is 2380. The Kier molecular flexibility index (Phi) is 7.67. The summed E-state index contributed by atoms with van der Waals surface area (Å²) in [5, 5.41) is 36.9. The molecule has 0 bridgehead atoms. The van der Waals surface area contributed by atoms with E-state index in [1.54, 1.807) is 0 Å². The number of nitriles is 4. The predicted molar refractivity (Wildman–Crippen MR) is 150 cm³/mol. The number of rotatable bonds is 2. The number of allylic oxidation sites excluding steroid dienone is 3. The average Bonchev–Trinajstić information content (AvgIpc) is 3.55. The van der Waals surface area contributed by atoms with Crippen LogP contribution < -0.4 is 10.4 Å². The summed E-state index contributed by atoms with van der Waals surface area (Å²) in [6, 6.07) is 8.21. The van der Waals surface area contributed by atoms with E-state index in [4.69, 9.17) is 13.1 Å². The van der Waals surface area contributed by atoms with Gasteiger partial charge in [-0.05, 0) is 92.6 Å². The Hall–Kier alpha value is -6.67. The van der Waals surface area contributed by atoms with E-state index in [2.05, 4.69) is 9.69 Å². The zero-order chi connectivity index (χ0) is 34.5. The van der Waals surface area contributed by atoms with Crippen LogP contribution in [0.2, 0.25) is 0 Å². The molecule has 0 N–H and O–H groups in total. The smallest absolute Gasteiger partial charge is 0.205 e. The molecule has 0 unspecified atom stereocenters. The fourth-order valence-corrected chi connectivity index (χ4v) is 6.15. The van der Waals surface area contributed by atoms with Crippen molar-refractivity contribution in [1.82, 2.24) is 0 Å². The van der Waals surface area contributed by atoms with E-state index < -0.39 is 92.3 Å². The minimum Gasteiger partial charge on any atom is -0.205 e. The van der Waals surface area contributed by atoms with Gasteiger partial charge >= 0.3 is 12.0 Å². The van der Waals surface area contributed by atoms with Gasteiger partial charge in [-0.3, -0.25) is 0 Å². The molecular formula is C34H11F7N6. The van der Waals surface area contributed by atoms with Crippen molar-refractivity contribution in [3.05, 3.63) is 126 Å². The van der Waals surface area contributed by atoms with Crippen molar-refractivity contribution in [1.29, 1.82) is 21.0 Å². The van der Waals surface area contributed by atoms with Gasteiger partial charge in [0.1, 0.15) is 77.4 Å². The van der Waals surface area contributed by atoms with Gasteiger partial charge in [0.25, 0.3) is 0 Å². The molecule has 0 atom stereocenters. The molecule has 226 valence electrons. The number of fused-ring (bicyclic) bond motifs is 2. The molecule has 0 saturated carbocycles. The monoisotopic (exact) mass is 636 g/mol. The summed E-state index contributed by atoms with van der Waals surface area (Å²) in [6.45, 7) is 16.4. The Morgan fingerprint density at radius 1 is 0.702 bits per heavy atom. The first kappa shape index (κ1) is 31.7. The zero-order valence-corrected chi connectivity index (χ0v) is 23.6. The van der Waals surface area contributed by atoms with Crippen LogP contribution in [-0.2, 0) is 12.8 Å². The van der Waals surface area contributed by atoms with E-state index in [1.165, 1.54) is 31.2 Å². The Morgan fingerprint density at radius 3 is 1.49 bits per heavy atom. The molecule has 5 rings (SSSR count). The highest BCUT2D eigenvalue weighted by atomic mass is 19.4.